The number of rotatable bonds is 16. The van der Waals surface area contributed by atoms with Crippen molar-refractivity contribution in [1.82, 2.24) is 10.6 Å². The molecule has 0 aliphatic rings. The fraction of sp³-hybridized carbons (Fsp3) is 0.395. The van der Waals surface area contributed by atoms with Gasteiger partial charge < -0.3 is 20.8 Å². The third kappa shape index (κ3) is 9.90. The number of hydrogen-bond acceptors (Lipinski definition) is 4. The summed E-state index contributed by atoms with van der Waals surface area (Å²) in [5.74, 6) is -1.27. The SMILES string of the molecule is CC(C)[C@@H](NC(=O)C(C)(C)C(=O)N[C@H](C(C)C)C(O)(Cc1ccccc1)Cc1ccccc1)C(O)(Cc1ccccc1)Cc1ccccc1. The van der Waals surface area contributed by atoms with E-state index in [0.717, 1.165) is 22.3 Å². The molecule has 0 fully saturated rings. The number of aliphatic hydroxyl groups is 2. The van der Waals surface area contributed by atoms with Crippen LogP contribution < -0.4 is 10.6 Å². The van der Waals surface area contributed by atoms with E-state index in [2.05, 4.69) is 10.6 Å². The highest BCUT2D eigenvalue weighted by Crippen LogP contribution is 2.31. The summed E-state index contributed by atoms with van der Waals surface area (Å²) in [4.78, 5) is 28.4. The largest absolute Gasteiger partial charge is 0.387 e. The maximum Gasteiger partial charge on any atom is 0.235 e. The fourth-order valence-corrected chi connectivity index (χ4v) is 6.95. The van der Waals surface area contributed by atoms with Gasteiger partial charge in [0.1, 0.15) is 5.41 Å². The monoisotopic (exact) mass is 662 g/mol. The van der Waals surface area contributed by atoms with Crippen molar-refractivity contribution in [2.75, 3.05) is 0 Å². The van der Waals surface area contributed by atoms with Crippen molar-refractivity contribution >= 4 is 11.8 Å². The van der Waals surface area contributed by atoms with E-state index in [1.165, 1.54) is 0 Å². The number of carbonyl (C=O) groups excluding carboxylic acids is 2. The molecule has 0 aromatic heterocycles. The van der Waals surface area contributed by atoms with Gasteiger partial charge in [0, 0.05) is 25.7 Å². The van der Waals surface area contributed by atoms with Crippen LogP contribution in [-0.4, -0.2) is 45.3 Å². The highest BCUT2D eigenvalue weighted by molar-refractivity contribution is 6.04. The summed E-state index contributed by atoms with van der Waals surface area (Å²) in [7, 11) is 0. The van der Waals surface area contributed by atoms with Crippen molar-refractivity contribution in [2.24, 2.45) is 17.3 Å². The zero-order valence-corrected chi connectivity index (χ0v) is 29.9. The second-order valence-electron chi connectivity index (χ2n) is 14.9. The quantitative estimate of drug-likeness (QED) is 0.100. The molecule has 0 aliphatic heterocycles. The first kappa shape index (κ1) is 37.6. The molecule has 0 saturated heterocycles. The van der Waals surface area contributed by atoms with Gasteiger partial charge in [-0.05, 0) is 47.9 Å². The summed E-state index contributed by atoms with van der Waals surface area (Å²) >= 11 is 0. The van der Waals surface area contributed by atoms with Gasteiger partial charge in [0.15, 0.2) is 0 Å². The number of benzene rings is 4. The van der Waals surface area contributed by atoms with Gasteiger partial charge in [0.2, 0.25) is 11.8 Å². The van der Waals surface area contributed by atoms with Crippen molar-refractivity contribution in [1.29, 1.82) is 0 Å². The molecule has 4 rings (SSSR count). The highest BCUT2D eigenvalue weighted by Gasteiger charge is 2.47. The summed E-state index contributed by atoms with van der Waals surface area (Å²) in [6.07, 6.45) is 1.28. The molecule has 6 nitrogen and oxygen atoms in total. The lowest BCUT2D eigenvalue weighted by molar-refractivity contribution is -0.146. The summed E-state index contributed by atoms with van der Waals surface area (Å²) in [5, 5.41) is 31.2. The van der Waals surface area contributed by atoms with Crippen LogP contribution in [0.2, 0.25) is 0 Å². The zero-order chi connectivity index (χ0) is 35.7. The van der Waals surface area contributed by atoms with Gasteiger partial charge in [-0.1, -0.05) is 149 Å². The Morgan fingerprint density at radius 3 is 0.918 bits per heavy atom. The third-order valence-corrected chi connectivity index (χ3v) is 9.61. The smallest absolute Gasteiger partial charge is 0.235 e. The molecule has 49 heavy (non-hydrogen) atoms. The lowest BCUT2D eigenvalue weighted by Crippen LogP contribution is -2.63. The number of amides is 2. The van der Waals surface area contributed by atoms with Crippen molar-refractivity contribution in [3.63, 3.8) is 0 Å². The molecule has 4 aromatic rings. The standard InChI is InChI=1S/C43H54N2O4/c1-31(2)37(42(48,27-33-19-11-7-12-20-33)28-34-21-13-8-14-22-34)44-39(46)41(5,6)40(47)45-38(32(3)4)43(49,29-35-23-15-9-16-24-35)30-36-25-17-10-18-26-36/h7-26,31-32,37-38,48-49H,27-30H2,1-6H3,(H,44,46)(H,45,47)/t37-,38-/m1/s1. The predicted octanol–water partition coefficient (Wildman–Crippen LogP) is 6.73. The molecule has 6 heteroatoms. The number of hydrogen-bond donors (Lipinski definition) is 4. The van der Waals surface area contributed by atoms with E-state index >= 15 is 0 Å². The van der Waals surface area contributed by atoms with Gasteiger partial charge in [-0.15, -0.1) is 0 Å². The van der Waals surface area contributed by atoms with Crippen LogP contribution in [0.15, 0.2) is 121 Å². The summed E-state index contributed by atoms with van der Waals surface area (Å²) < 4.78 is 0. The Kier molecular flexibility index (Phi) is 12.6. The zero-order valence-electron chi connectivity index (χ0n) is 29.9. The molecule has 0 unspecified atom stereocenters. The van der Waals surface area contributed by atoms with Crippen LogP contribution in [0.3, 0.4) is 0 Å². The van der Waals surface area contributed by atoms with E-state index < -0.39 is 40.5 Å². The Balaban J connectivity index is 1.62. The van der Waals surface area contributed by atoms with Gasteiger partial charge in [-0.2, -0.15) is 0 Å². The minimum Gasteiger partial charge on any atom is -0.387 e. The molecule has 2 amide bonds. The lowest BCUT2D eigenvalue weighted by Gasteiger charge is -2.42. The van der Waals surface area contributed by atoms with E-state index in [1.807, 2.05) is 149 Å². The van der Waals surface area contributed by atoms with Crippen molar-refractivity contribution in [2.45, 2.75) is 90.5 Å². The molecule has 0 bridgehead atoms. The van der Waals surface area contributed by atoms with E-state index in [0.29, 0.717) is 25.7 Å². The fourth-order valence-electron chi connectivity index (χ4n) is 6.95. The Morgan fingerprint density at radius 2 is 0.714 bits per heavy atom. The second-order valence-corrected chi connectivity index (χ2v) is 14.9. The molecular formula is C43H54N2O4. The van der Waals surface area contributed by atoms with Crippen LogP contribution in [0.5, 0.6) is 0 Å². The molecule has 0 radical (unpaired) electrons. The lowest BCUT2D eigenvalue weighted by atomic mass is 9.76. The summed E-state index contributed by atoms with van der Waals surface area (Å²) in [5.41, 5.74) is -0.387. The molecule has 4 N–H and O–H groups in total. The molecule has 2 atom stereocenters. The van der Waals surface area contributed by atoms with E-state index in [4.69, 9.17) is 0 Å². The maximum atomic E-state index is 14.2. The Labute approximate surface area is 293 Å². The van der Waals surface area contributed by atoms with Crippen LogP contribution in [0.25, 0.3) is 0 Å². The summed E-state index contributed by atoms with van der Waals surface area (Å²) in [6, 6.07) is 37.8. The van der Waals surface area contributed by atoms with Crippen molar-refractivity contribution < 1.29 is 19.8 Å². The van der Waals surface area contributed by atoms with Crippen LogP contribution in [0.4, 0.5) is 0 Å². The molecule has 0 saturated carbocycles. The number of nitrogens with one attached hydrogen (secondary N) is 2. The first-order valence-corrected chi connectivity index (χ1v) is 17.5. The minimum atomic E-state index is -1.51. The Morgan fingerprint density at radius 1 is 0.490 bits per heavy atom. The average Bonchev–Trinajstić information content (AvgIpc) is 3.07. The van der Waals surface area contributed by atoms with Gasteiger partial charge in [0.25, 0.3) is 0 Å². The predicted molar refractivity (Wildman–Crippen MR) is 198 cm³/mol. The van der Waals surface area contributed by atoms with Crippen LogP contribution >= 0.6 is 0 Å². The molecule has 0 aliphatic carbocycles. The van der Waals surface area contributed by atoms with Crippen molar-refractivity contribution in [3.05, 3.63) is 144 Å². The molecular weight excluding hydrogens is 608 g/mol. The Bertz CT molecular complexity index is 1400. The molecule has 4 aromatic carbocycles. The van der Waals surface area contributed by atoms with Gasteiger partial charge >= 0.3 is 0 Å². The van der Waals surface area contributed by atoms with Crippen LogP contribution in [0.1, 0.15) is 63.8 Å². The normalized spacial score (nSPS) is 13.6. The van der Waals surface area contributed by atoms with Crippen LogP contribution in [-0.2, 0) is 35.3 Å². The Hall–Kier alpha value is -4.26. The highest BCUT2D eigenvalue weighted by atomic mass is 16.3. The summed E-state index contributed by atoms with van der Waals surface area (Å²) in [6.45, 7) is 11.1. The molecule has 260 valence electrons. The third-order valence-electron chi connectivity index (χ3n) is 9.61. The first-order chi connectivity index (χ1) is 23.2. The second kappa shape index (κ2) is 16.4. The topological polar surface area (TPSA) is 98.7 Å². The molecule has 0 spiro atoms. The number of carbonyl (C=O) groups is 2. The van der Waals surface area contributed by atoms with Crippen LogP contribution in [0, 0.1) is 17.3 Å². The van der Waals surface area contributed by atoms with Gasteiger partial charge in [-0.25, -0.2) is 0 Å². The minimum absolute atomic E-state index is 0.148. The van der Waals surface area contributed by atoms with E-state index in [9.17, 15) is 19.8 Å². The average molecular weight is 663 g/mol. The molecule has 0 heterocycles. The van der Waals surface area contributed by atoms with Gasteiger partial charge in [0.05, 0.1) is 23.3 Å². The maximum absolute atomic E-state index is 14.2. The van der Waals surface area contributed by atoms with E-state index in [1.54, 1.807) is 13.8 Å². The van der Waals surface area contributed by atoms with Crippen molar-refractivity contribution in [3.8, 4) is 0 Å². The van der Waals surface area contributed by atoms with Gasteiger partial charge in [-0.3, -0.25) is 9.59 Å². The first-order valence-electron chi connectivity index (χ1n) is 17.5. The van der Waals surface area contributed by atoms with E-state index in [-0.39, 0.29) is 11.8 Å².